The molecule has 1 aliphatic carbocycles. The lowest BCUT2D eigenvalue weighted by Crippen LogP contribution is -1.82. The van der Waals surface area contributed by atoms with Crippen molar-refractivity contribution in [3.8, 4) is 0 Å². The van der Waals surface area contributed by atoms with Crippen molar-refractivity contribution < 1.29 is 0 Å². The molecule has 2 rings (SSSR count). The van der Waals surface area contributed by atoms with Gasteiger partial charge in [-0.2, -0.15) is 0 Å². The van der Waals surface area contributed by atoms with Gasteiger partial charge in [-0.15, -0.1) is 0 Å². The Kier molecular flexibility index (Phi) is 2.26. The Morgan fingerprint density at radius 1 is 1.08 bits per heavy atom. The van der Waals surface area contributed by atoms with E-state index in [4.69, 9.17) is 0 Å². The molecular formula is C12H13. The van der Waals surface area contributed by atoms with E-state index in [2.05, 4.69) is 42.8 Å². The van der Waals surface area contributed by atoms with Crippen molar-refractivity contribution in [1.82, 2.24) is 0 Å². The van der Waals surface area contributed by atoms with Crippen LogP contribution in [-0.2, 0) is 0 Å². The number of hydrogen-bond acceptors (Lipinski definition) is 0. The van der Waals surface area contributed by atoms with Crippen molar-refractivity contribution in [2.75, 3.05) is 0 Å². The molecule has 0 heterocycles. The second kappa shape index (κ2) is 3.57. The predicted molar refractivity (Wildman–Crippen MR) is 51.8 cm³/mol. The summed E-state index contributed by atoms with van der Waals surface area (Å²) >= 11 is 0. The molecule has 0 saturated heterocycles. The minimum atomic E-state index is 1.26. The second-order valence-corrected chi connectivity index (χ2v) is 3.23. The van der Waals surface area contributed by atoms with Crippen molar-refractivity contribution in [3.63, 3.8) is 0 Å². The largest absolute Gasteiger partial charge is 0.0847 e. The van der Waals surface area contributed by atoms with E-state index >= 15 is 0 Å². The molecule has 0 saturated carbocycles. The fourth-order valence-corrected chi connectivity index (χ4v) is 1.59. The van der Waals surface area contributed by atoms with Crippen LogP contribution in [0.15, 0.2) is 42.0 Å². The van der Waals surface area contributed by atoms with E-state index in [1.165, 1.54) is 30.4 Å². The second-order valence-electron chi connectivity index (χ2n) is 3.23. The highest BCUT2D eigenvalue weighted by Crippen LogP contribution is 2.22. The van der Waals surface area contributed by atoms with E-state index in [9.17, 15) is 0 Å². The highest BCUT2D eigenvalue weighted by atomic mass is 14.1. The monoisotopic (exact) mass is 157 g/mol. The molecule has 0 bridgehead atoms. The molecule has 0 heteroatoms. The smallest absolute Gasteiger partial charge is 0.0154 e. The fraction of sp³-hybridized carbons (Fsp3) is 0.250. The molecule has 1 aromatic rings. The number of hydrogen-bond donors (Lipinski definition) is 0. The molecule has 0 spiro atoms. The Balaban J connectivity index is 2.04. The van der Waals surface area contributed by atoms with E-state index in [-0.39, 0.29) is 0 Å². The zero-order chi connectivity index (χ0) is 8.23. The molecule has 0 nitrogen and oxygen atoms in total. The first-order chi connectivity index (χ1) is 5.95. The summed E-state index contributed by atoms with van der Waals surface area (Å²) in [7, 11) is 0. The van der Waals surface area contributed by atoms with Crippen LogP contribution in [-0.4, -0.2) is 0 Å². The lowest BCUT2D eigenvalue weighted by molar-refractivity contribution is 0.911. The van der Waals surface area contributed by atoms with E-state index in [1.54, 1.807) is 0 Å². The Bertz CT molecular complexity index is 269. The summed E-state index contributed by atoms with van der Waals surface area (Å²) in [6.07, 6.45) is 8.48. The Labute approximate surface area is 73.9 Å². The maximum Gasteiger partial charge on any atom is 0.0154 e. The summed E-state index contributed by atoms with van der Waals surface area (Å²) in [6.45, 7) is 0. The van der Waals surface area contributed by atoms with E-state index < -0.39 is 0 Å². The fourth-order valence-electron chi connectivity index (χ4n) is 1.59. The van der Waals surface area contributed by atoms with E-state index in [1.807, 2.05) is 0 Å². The molecular weight excluding hydrogens is 144 g/mol. The average molecular weight is 157 g/mol. The van der Waals surface area contributed by atoms with E-state index in [0.29, 0.717) is 0 Å². The van der Waals surface area contributed by atoms with Gasteiger partial charge >= 0.3 is 0 Å². The molecule has 0 fully saturated rings. The quantitative estimate of drug-likeness (QED) is 0.617. The molecule has 1 aliphatic rings. The molecule has 61 valence electrons. The van der Waals surface area contributed by atoms with Gasteiger partial charge in [0.1, 0.15) is 0 Å². The van der Waals surface area contributed by atoms with Crippen LogP contribution in [0.1, 0.15) is 24.8 Å². The van der Waals surface area contributed by atoms with Gasteiger partial charge in [0.25, 0.3) is 0 Å². The van der Waals surface area contributed by atoms with Gasteiger partial charge in [0.05, 0.1) is 0 Å². The normalized spacial score (nSPS) is 16.2. The van der Waals surface area contributed by atoms with Crippen molar-refractivity contribution in [2.45, 2.75) is 19.3 Å². The molecule has 1 radical (unpaired) electrons. The Morgan fingerprint density at radius 3 is 2.58 bits per heavy atom. The summed E-state index contributed by atoms with van der Waals surface area (Å²) in [4.78, 5) is 0. The van der Waals surface area contributed by atoms with Gasteiger partial charge in [0, 0.05) is 6.42 Å². The van der Waals surface area contributed by atoms with Gasteiger partial charge in [0.15, 0.2) is 0 Å². The Morgan fingerprint density at radius 2 is 1.92 bits per heavy atom. The van der Waals surface area contributed by atoms with Crippen LogP contribution in [0.3, 0.4) is 0 Å². The van der Waals surface area contributed by atoms with Crippen LogP contribution in [0, 0.1) is 6.42 Å². The van der Waals surface area contributed by atoms with Crippen molar-refractivity contribution in [3.05, 3.63) is 54.0 Å². The number of allylic oxidation sites excluding steroid dienone is 2. The molecule has 0 aromatic heterocycles. The zero-order valence-corrected chi connectivity index (χ0v) is 7.16. The third-order valence-electron chi connectivity index (χ3n) is 2.23. The van der Waals surface area contributed by atoms with Crippen LogP contribution < -0.4 is 0 Å². The SMILES string of the molecule is [CH](C1=CCCC1)c1ccccc1. The standard InChI is InChI=1S/C12H13/c1-2-6-11(7-3-1)10-12-8-4-5-9-12/h1-3,6-8,10H,4-5,9H2. The lowest BCUT2D eigenvalue weighted by atomic mass is 10.1. The zero-order valence-electron chi connectivity index (χ0n) is 7.16. The van der Waals surface area contributed by atoms with Gasteiger partial charge in [-0.25, -0.2) is 0 Å². The van der Waals surface area contributed by atoms with Crippen LogP contribution in [0.25, 0.3) is 0 Å². The van der Waals surface area contributed by atoms with Gasteiger partial charge in [-0.1, -0.05) is 42.0 Å². The third kappa shape index (κ3) is 1.76. The summed E-state index contributed by atoms with van der Waals surface area (Å²) in [5, 5.41) is 0. The first-order valence-electron chi connectivity index (χ1n) is 4.54. The maximum absolute atomic E-state index is 2.34. The molecule has 0 N–H and O–H groups in total. The third-order valence-corrected chi connectivity index (χ3v) is 2.23. The van der Waals surface area contributed by atoms with Gasteiger partial charge in [-0.3, -0.25) is 0 Å². The topological polar surface area (TPSA) is 0 Å². The van der Waals surface area contributed by atoms with Gasteiger partial charge in [0.2, 0.25) is 0 Å². The van der Waals surface area contributed by atoms with Crippen LogP contribution in [0.2, 0.25) is 0 Å². The van der Waals surface area contributed by atoms with Crippen molar-refractivity contribution in [2.24, 2.45) is 0 Å². The highest BCUT2D eigenvalue weighted by Gasteiger charge is 2.04. The minimum Gasteiger partial charge on any atom is -0.0847 e. The lowest BCUT2D eigenvalue weighted by Gasteiger charge is -2.00. The molecule has 1 aromatic carbocycles. The first-order valence-corrected chi connectivity index (χ1v) is 4.54. The van der Waals surface area contributed by atoms with Crippen LogP contribution in [0.5, 0.6) is 0 Å². The summed E-state index contributed by atoms with van der Waals surface area (Å²) in [6, 6.07) is 10.5. The van der Waals surface area contributed by atoms with Crippen molar-refractivity contribution in [1.29, 1.82) is 0 Å². The van der Waals surface area contributed by atoms with Crippen LogP contribution >= 0.6 is 0 Å². The Hall–Kier alpha value is -1.04. The molecule has 0 amide bonds. The summed E-state index contributed by atoms with van der Waals surface area (Å²) < 4.78 is 0. The van der Waals surface area contributed by atoms with Gasteiger partial charge < -0.3 is 0 Å². The number of benzene rings is 1. The summed E-state index contributed by atoms with van der Waals surface area (Å²) in [5.41, 5.74) is 2.83. The minimum absolute atomic E-state index is 1.26. The van der Waals surface area contributed by atoms with Crippen molar-refractivity contribution >= 4 is 0 Å². The average Bonchev–Trinajstić information content (AvgIpc) is 2.59. The molecule has 0 atom stereocenters. The molecule has 0 aliphatic heterocycles. The maximum atomic E-state index is 2.34. The summed E-state index contributed by atoms with van der Waals surface area (Å²) in [5.74, 6) is 0. The van der Waals surface area contributed by atoms with Crippen LogP contribution in [0.4, 0.5) is 0 Å². The first kappa shape index (κ1) is 7.60. The molecule has 0 unspecified atom stereocenters. The van der Waals surface area contributed by atoms with Gasteiger partial charge in [-0.05, 0) is 24.8 Å². The number of rotatable bonds is 2. The highest BCUT2D eigenvalue weighted by molar-refractivity contribution is 5.34. The molecule has 12 heavy (non-hydrogen) atoms. The predicted octanol–water partition coefficient (Wildman–Crippen LogP) is 3.35. The van der Waals surface area contributed by atoms with E-state index in [0.717, 1.165) is 0 Å².